The lowest BCUT2D eigenvalue weighted by molar-refractivity contribution is 0.285. The molecule has 0 aliphatic heterocycles. The molecule has 2 heteroatoms. The highest BCUT2D eigenvalue weighted by Crippen LogP contribution is 2.29. The Balaban J connectivity index is 3.17. The Kier molecular flexibility index (Phi) is 11.0. The molecule has 2 nitrogen and oxygen atoms in total. The first-order chi connectivity index (χ1) is 11.8. The fourth-order valence-electron chi connectivity index (χ4n) is 2.52. The van der Waals surface area contributed by atoms with Crippen LogP contribution in [0.5, 0.6) is 5.75 Å². The predicted octanol–water partition coefficient (Wildman–Crippen LogP) is 6.03. The van der Waals surface area contributed by atoms with Gasteiger partial charge in [-0.05, 0) is 48.9 Å². The van der Waals surface area contributed by atoms with E-state index in [1.807, 2.05) is 0 Å². The first-order valence-electron chi connectivity index (χ1n) is 9.50. The summed E-state index contributed by atoms with van der Waals surface area (Å²) >= 11 is 0. The first-order valence-corrected chi connectivity index (χ1v) is 9.50. The van der Waals surface area contributed by atoms with Crippen molar-refractivity contribution in [3.63, 3.8) is 0 Å². The topological polar surface area (TPSA) is 29.5 Å². The summed E-state index contributed by atoms with van der Waals surface area (Å²) < 4.78 is 6.09. The normalized spacial score (nSPS) is 11.7. The highest BCUT2D eigenvalue weighted by atomic mass is 16.5. The van der Waals surface area contributed by atoms with Crippen LogP contribution in [0.1, 0.15) is 76.0 Å². The monoisotopic (exact) mass is 330 g/mol. The number of aliphatic hydroxyl groups is 1. The summed E-state index contributed by atoms with van der Waals surface area (Å²) in [6, 6.07) is 4.35. The maximum atomic E-state index is 9.43. The van der Waals surface area contributed by atoms with Crippen molar-refractivity contribution in [2.45, 2.75) is 65.7 Å². The molecule has 0 aromatic heterocycles. The smallest absolute Gasteiger partial charge is 0.129 e. The molecule has 0 heterocycles. The van der Waals surface area contributed by atoms with Gasteiger partial charge in [0.1, 0.15) is 5.75 Å². The van der Waals surface area contributed by atoms with Crippen LogP contribution in [-0.4, -0.2) is 18.3 Å². The Labute approximate surface area is 148 Å². The number of ether oxygens (including phenoxy) is 1. The summed E-state index contributed by atoms with van der Waals surface area (Å²) in [4.78, 5) is 0. The Hall–Kier alpha value is -1.54. The quantitative estimate of drug-likeness (QED) is 0.474. The van der Waals surface area contributed by atoms with E-state index in [1.165, 1.54) is 5.56 Å². The average molecular weight is 331 g/mol. The molecule has 134 valence electrons. The third kappa shape index (κ3) is 7.35. The lowest BCUT2D eigenvalue weighted by Gasteiger charge is -2.15. The fourth-order valence-corrected chi connectivity index (χ4v) is 2.52. The standard InChI is InChI=1S/C22H34O2/c1-4-7-10-12-19-17-20(13-11-8-5-2)22(24-16-9-6-3)21(18-19)14-15-23/h10-13,17-18,23H,4-9,14-16H2,1-3H3/b12-10-,13-11+. The van der Waals surface area contributed by atoms with E-state index >= 15 is 0 Å². The summed E-state index contributed by atoms with van der Waals surface area (Å²) in [6.07, 6.45) is 16.0. The van der Waals surface area contributed by atoms with Gasteiger partial charge in [0.15, 0.2) is 0 Å². The van der Waals surface area contributed by atoms with Gasteiger partial charge in [0.25, 0.3) is 0 Å². The number of unbranched alkanes of at least 4 members (excludes halogenated alkanes) is 3. The minimum Gasteiger partial charge on any atom is -0.493 e. The van der Waals surface area contributed by atoms with Crippen LogP contribution in [0, 0.1) is 0 Å². The number of hydrogen-bond acceptors (Lipinski definition) is 2. The van der Waals surface area contributed by atoms with Crippen LogP contribution in [0.3, 0.4) is 0 Å². The molecule has 1 aromatic carbocycles. The Morgan fingerprint density at radius 2 is 1.67 bits per heavy atom. The van der Waals surface area contributed by atoms with Gasteiger partial charge in [-0.3, -0.25) is 0 Å². The van der Waals surface area contributed by atoms with Crippen LogP contribution < -0.4 is 4.74 Å². The summed E-state index contributed by atoms with van der Waals surface area (Å²) in [6.45, 7) is 7.41. The van der Waals surface area contributed by atoms with E-state index in [0.29, 0.717) is 6.42 Å². The van der Waals surface area contributed by atoms with Crippen molar-refractivity contribution >= 4 is 12.2 Å². The Morgan fingerprint density at radius 3 is 2.29 bits per heavy atom. The second-order valence-electron chi connectivity index (χ2n) is 6.16. The van der Waals surface area contributed by atoms with Crippen LogP contribution in [0.2, 0.25) is 0 Å². The minimum absolute atomic E-state index is 0.143. The summed E-state index contributed by atoms with van der Waals surface area (Å²) in [7, 11) is 0. The zero-order valence-corrected chi connectivity index (χ0v) is 15.7. The van der Waals surface area contributed by atoms with Crippen LogP contribution >= 0.6 is 0 Å². The second kappa shape index (κ2) is 12.8. The maximum absolute atomic E-state index is 9.43. The molecule has 0 bridgehead atoms. The van der Waals surface area contributed by atoms with Gasteiger partial charge in [0, 0.05) is 12.2 Å². The SMILES string of the molecule is CCC/C=C\c1cc(/C=C/CCC)c(OCCCC)c(CCO)c1. The van der Waals surface area contributed by atoms with Crippen molar-refractivity contribution in [3.05, 3.63) is 41.0 Å². The third-order valence-corrected chi connectivity index (χ3v) is 3.86. The third-order valence-electron chi connectivity index (χ3n) is 3.86. The van der Waals surface area contributed by atoms with E-state index in [0.717, 1.165) is 62.0 Å². The van der Waals surface area contributed by atoms with E-state index in [4.69, 9.17) is 4.74 Å². The van der Waals surface area contributed by atoms with Gasteiger partial charge >= 0.3 is 0 Å². The molecule has 1 rings (SSSR count). The second-order valence-corrected chi connectivity index (χ2v) is 6.16. The molecule has 24 heavy (non-hydrogen) atoms. The van der Waals surface area contributed by atoms with Crippen molar-refractivity contribution in [1.82, 2.24) is 0 Å². The Morgan fingerprint density at radius 1 is 0.958 bits per heavy atom. The van der Waals surface area contributed by atoms with Crippen molar-refractivity contribution in [1.29, 1.82) is 0 Å². The molecule has 0 radical (unpaired) electrons. The van der Waals surface area contributed by atoms with E-state index < -0.39 is 0 Å². The summed E-state index contributed by atoms with van der Waals surface area (Å²) in [5.41, 5.74) is 3.41. The molecule has 0 aliphatic carbocycles. The van der Waals surface area contributed by atoms with Crippen molar-refractivity contribution in [2.24, 2.45) is 0 Å². The lowest BCUT2D eigenvalue weighted by atomic mass is 10.00. The number of hydrogen-bond donors (Lipinski definition) is 1. The van der Waals surface area contributed by atoms with Gasteiger partial charge in [-0.25, -0.2) is 0 Å². The van der Waals surface area contributed by atoms with Crippen LogP contribution in [0.4, 0.5) is 0 Å². The average Bonchev–Trinajstić information content (AvgIpc) is 2.58. The molecule has 0 fully saturated rings. The first kappa shape index (κ1) is 20.5. The minimum atomic E-state index is 0.143. The highest BCUT2D eigenvalue weighted by Gasteiger charge is 2.10. The molecule has 0 unspecified atom stereocenters. The zero-order chi connectivity index (χ0) is 17.6. The predicted molar refractivity (Wildman–Crippen MR) is 106 cm³/mol. The van der Waals surface area contributed by atoms with E-state index in [-0.39, 0.29) is 6.61 Å². The van der Waals surface area contributed by atoms with Crippen molar-refractivity contribution in [3.8, 4) is 5.75 Å². The number of rotatable bonds is 12. The largest absolute Gasteiger partial charge is 0.493 e. The van der Waals surface area contributed by atoms with Gasteiger partial charge in [-0.1, -0.05) is 64.3 Å². The van der Waals surface area contributed by atoms with Crippen LogP contribution in [0.25, 0.3) is 12.2 Å². The van der Waals surface area contributed by atoms with E-state index in [1.54, 1.807) is 0 Å². The van der Waals surface area contributed by atoms with E-state index in [2.05, 4.69) is 57.2 Å². The van der Waals surface area contributed by atoms with E-state index in [9.17, 15) is 5.11 Å². The van der Waals surface area contributed by atoms with Crippen LogP contribution in [-0.2, 0) is 6.42 Å². The molecule has 0 atom stereocenters. The number of aliphatic hydroxyl groups excluding tert-OH is 1. The molecule has 1 aromatic rings. The van der Waals surface area contributed by atoms with Gasteiger partial charge in [0.2, 0.25) is 0 Å². The van der Waals surface area contributed by atoms with Gasteiger partial charge < -0.3 is 9.84 Å². The molecule has 0 spiro atoms. The van der Waals surface area contributed by atoms with Gasteiger partial charge in [-0.2, -0.15) is 0 Å². The molecular weight excluding hydrogens is 296 g/mol. The van der Waals surface area contributed by atoms with Gasteiger partial charge in [-0.15, -0.1) is 0 Å². The van der Waals surface area contributed by atoms with Crippen molar-refractivity contribution < 1.29 is 9.84 Å². The maximum Gasteiger partial charge on any atom is 0.129 e. The van der Waals surface area contributed by atoms with Gasteiger partial charge in [0.05, 0.1) is 6.61 Å². The molecule has 1 N–H and O–H groups in total. The molecule has 0 aliphatic rings. The molecular formula is C22H34O2. The van der Waals surface area contributed by atoms with Crippen LogP contribution in [0.15, 0.2) is 24.3 Å². The number of allylic oxidation sites excluding steroid dienone is 2. The molecule has 0 saturated carbocycles. The lowest BCUT2D eigenvalue weighted by Crippen LogP contribution is -2.04. The summed E-state index contributed by atoms with van der Waals surface area (Å²) in [5.74, 6) is 0.942. The molecule has 0 saturated heterocycles. The van der Waals surface area contributed by atoms with Crippen molar-refractivity contribution in [2.75, 3.05) is 13.2 Å². The fraction of sp³-hybridized carbons (Fsp3) is 0.545. The summed E-state index contributed by atoms with van der Waals surface area (Å²) in [5, 5.41) is 9.43. The Bertz CT molecular complexity index is 515. The molecule has 0 amide bonds. The zero-order valence-electron chi connectivity index (χ0n) is 15.7. The number of benzene rings is 1. The highest BCUT2D eigenvalue weighted by molar-refractivity contribution is 5.66.